The van der Waals surface area contributed by atoms with Crippen molar-refractivity contribution in [3.05, 3.63) is 35.9 Å². The van der Waals surface area contributed by atoms with Crippen LogP contribution < -0.4 is 10.6 Å². The van der Waals surface area contributed by atoms with Gasteiger partial charge in [-0.15, -0.1) is 0 Å². The number of hydrogen-bond acceptors (Lipinski definition) is 5. The normalized spacial score (nSPS) is 8.62. The molecule has 7 heteroatoms. The van der Waals surface area contributed by atoms with Gasteiger partial charge in [0.05, 0.1) is 0 Å². The molecule has 0 aliphatic heterocycles. The van der Waals surface area contributed by atoms with Crippen LogP contribution in [-0.2, 0) is 20.9 Å². The zero-order valence-electron chi connectivity index (χ0n) is 14.6. The third kappa shape index (κ3) is 19.6. The minimum absolute atomic E-state index is 0.131. The van der Waals surface area contributed by atoms with Gasteiger partial charge in [0, 0.05) is 0 Å². The Kier molecular flexibility index (Phi) is 18.5. The van der Waals surface area contributed by atoms with Crippen LogP contribution in [0.2, 0.25) is 0 Å². The summed E-state index contributed by atoms with van der Waals surface area (Å²) in [5.74, 6) is -1.10. The molecule has 0 spiro atoms. The number of rotatable bonds is 7. The van der Waals surface area contributed by atoms with Gasteiger partial charge >= 0.3 is 12.1 Å². The van der Waals surface area contributed by atoms with Gasteiger partial charge in [0.25, 0.3) is 0 Å². The molecule has 7 nitrogen and oxygen atoms in total. The monoisotopic (exact) mass is 340 g/mol. The van der Waals surface area contributed by atoms with Gasteiger partial charge < -0.3 is 25.3 Å². The maximum Gasteiger partial charge on any atom is 0.407 e. The number of carboxylic acids is 1. The SMILES string of the molecule is CC=O.CCCCNC.O=C(O)CNC(=O)OCc1ccccc1. The molecule has 0 aliphatic rings. The van der Waals surface area contributed by atoms with Gasteiger partial charge in [-0.3, -0.25) is 4.79 Å². The Hall–Kier alpha value is -2.41. The lowest BCUT2D eigenvalue weighted by atomic mass is 10.2. The van der Waals surface area contributed by atoms with Crippen LogP contribution in [0.5, 0.6) is 0 Å². The van der Waals surface area contributed by atoms with E-state index in [1.165, 1.54) is 19.8 Å². The van der Waals surface area contributed by atoms with E-state index in [4.69, 9.17) is 14.6 Å². The molecule has 24 heavy (non-hydrogen) atoms. The summed E-state index contributed by atoms with van der Waals surface area (Å²) in [5, 5.41) is 13.4. The van der Waals surface area contributed by atoms with Crippen molar-refractivity contribution < 1.29 is 24.2 Å². The number of unbranched alkanes of at least 4 members (excludes halogenated alkanes) is 1. The number of carboxylic acid groups (broad SMARTS) is 1. The first-order valence-electron chi connectivity index (χ1n) is 7.72. The van der Waals surface area contributed by atoms with E-state index in [2.05, 4.69) is 17.6 Å². The molecule has 0 saturated heterocycles. The first kappa shape index (κ1) is 23.9. The van der Waals surface area contributed by atoms with Crippen LogP contribution in [0.25, 0.3) is 0 Å². The van der Waals surface area contributed by atoms with Crippen LogP contribution in [0.15, 0.2) is 30.3 Å². The lowest BCUT2D eigenvalue weighted by molar-refractivity contribution is -0.135. The van der Waals surface area contributed by atoms with Crippen molar-refractivity contribution in [2.75, 3.05) is 20.1 Å². The minimum atomic E-state index is -1.10. The Labute approximate surface area is 143 Å². The molecule has 136 valence electrons. The second-order valence-electron chi connectivity index (χ2n) is 4.50. The van der Waals surface area contributed by atoms with Crippen molar-refractivity contribution in [1.29, 1.82) is 0 Å². The molecule has 1 aromatic rings. The molecule has 0 aliphatic carbocycles. The molecule has 0 fully saturated rings. The maximum absolute atomic E-state index is 10.9. The summed E-state index contributed by atoms with van der Waals surface area (Å²) in [6, 6.07) is 9.13. The number of aliphatic carboxylic acids is 1. The standard InChI is InChI=1S/C10H11NO4.C5H13N.C2H4O/c12-9(13)6-11-10(14)15-7-8-4-2-1-3-5-8;1-3-4-5-6-2;1-2-3/h1-5H,6-7H2,(H,11,14)(H,12,13);6H,3-5H2,1-2H3;2H,1H3. The number of amides is 1. The van der Waals surface area contributed by atoms with E-state index in [-0.39, 0.29) is 6.61 Å². The van der Waals surface area contributed by atoms with E-state index in [1.807, 2.05) is 37.4 Å². The predicted octanol–water partition coefficient (Wildman–Crippen LogP) is 2.21. The number of carbonyl (C=O) groups excluding carboxylic acids is 2. The lowest BCUT2D eigenvalue weighted by Gasteiger charge is -2.04. The molecule has 0 unspecified atom stereocenters. The average molecular weight is 340 g/mol. The Balaban J connectivity index is 0. The Morgan fingerprint density at radius 3 is 2.25 bits per heavy atom. The number of hydrogen-bond donors (Lipinski definition) is 3. The summed E-state index contributed by atoms with van der Waals surface area (Å²) in [6.45, 7) is 4.49. The van der Waals surface area contributed by atoms with Crippen molar-refractivity contribution in [1.82, 2.24) is 10.6 Å². The van der Waals surface area contributed by atoms with Gasteiger partial charge in [-0.05, 0) is 32.5 Å². The highest BCUT2D eigenvalue weighted by atomic mass is 16.5. The van der Waals surface area contributed by atoms with Gasteiger partial charge in [0.2, 0.25) is 0 Å². The fourth-order valence-electron chi connectivity index (χ4n) is 1.28. The van der Waals surface area contributed by atoms with E-state index in [9.17, 15) is 9.59 Å². The van der Waals surface area contributed by atoms with Gasteiger partial charge in [0.15, 0.2) is 0 Å². The third-order valence-corrected chi connectivity index (χ3v) is 2.38. The summed E-state index contributed by atoms with van der Waals surface area (Å²) in [7, 11) is 1.98. The molecule has 1 amide bonds. The number of ether oxygens (including phenoxy) is 1. The highest BCUT2D eigenvalue weighted by Crippen LogP contribution is 2.00. The average Bonchev–Trinajstić information content (AvgIpc) is 2.58. The summed E-state index contributed by atoms with van der Waals surface area (Å²) < 4.78 is 4.77. The molecule has 0 atom stereocenters. The summed E-state index contributed by atoms with van der Waals surface area (Å²) in [5.41, 5.74) is 0.850. The zero-order chi connectivity index (χ0) is 18.6. The van der Waals surface area contributed by atoms with Crippen LogP contribution in [0.1, 0.15) is 32.3 Å². The topological polar surface area (TPSA) is 105 Å². The number of alkyl carbamates (subject to hydrolysis) is 1. The molecule has 0 heterocycles. The third-order valence-electron chi connectivity index (χ3n) is 2.38. The van der Waals surface area contributed by atoms with Gasteiger partial charge in [-0.1, -0.05) is 43.7 Å². The molecular weight excluding hydrogens is 312 g/mol. The highest BCUT2D eigenvalue weighted by molar-refractivity contribution is 5.76. The Morgan fingerprint density at radius 2 is 1.83 bits per heavy atom. The number of aldehydes is 1. The largest absolute Gasteiger partial charge is 0.480 e. The minimum Gasteiger partial charge on any atom is -0.480 e. The fraction of sp³-hybridized carbons (Fsp3) is 0.471. The molecule has 1 aromatic carbocycles. The van der Waals surface area contributed by atoms with Crippen LogP contribution >= 0.6 is 0 Å². The smallest absolute Gasteiger partial charge is 0.407 e. The van der Waals surface area contributed by atoms with Crippen LogP contribution in [-0.4, -0.2) is 43.6 Å². The van der Waals surface area contributed by atoms with Crippen LogP contribution in [0.4, 0.5) is 4.79 Å². The second kappa shape index (κ2) is 18.6. The quantitative estimate of drug-likeness (QED) is 0.519. The first-order valence-corrected chi connectivity index (χ1v) is 7.72. The van der Waals surface area contributed by atoms with Crippen molar-refractivity contribution in [3.63, 3.8) is 0 Å². The molecule has 0 saturated carbocycles. The van der Waals surface area contributed by atoms with Crippen molar-refractivity contribution in [2.24, 2.45) is 0 Å². The maximum atomic E-state index is 10.9. The number of benzene rings is 1. The van der Waals surface area contributed by atoms with Gasteiger partial charge in [-0.25, -0.2) is 4.79 Å². The van der Waals surface area contributed by atoms with E-state index in [0.717, 1.165) is 18.4 Å². The molecular formula is C17H28N2O5. The van der Waals surface area contributed by atoms with E-state index < -0.39 is 18.6 Å². The first-order chi connectivity index (χ1) is 11.5. The fourth-order valence-corrected chi connectivity index (χ4v) is 1.28. The molecule has 0 radical (unpaired) electrons. The Morgan fingerprint density at radius 1 is 1.25 bits per heavy atom. The van der Waals surface area contributed by atoms with Gasteiger partial charge in [-0.2, -0.15) is 0 Å². The van der Waals surface area contributed by atoms with E-state index in [0.29, 0.717) is 0 Å². The van der Waals surface area contributed by atoms with Crippen molar-refractivity contribution in [2.45, 2.75) is 33.3 Å². The number of carbonyl (C=O) groups is 3. The van der Waals surface area contributed by atoms with Gasteiger partial charge in [0.1, 0.15) is 19.4 Å². The Bertz CT molecular complexity index is 434. The molecule has 1 rings (SSSR count). The molecule has 0 aromatic heterocycles. The lowest BCUT2D eigenvalue weighted by Crippen LogP contribution is -2.29. The predicted molar refractivity (Wildman–Crippen MR) is 92.8 cm³/mol. The van der Waals surface area contributed by atoms with E-state index in [1.54, 1.807) is 0 Å². The van der Waals surface area contributed by atoms with E-state index >= 15 is 0 Å². The second-order valence-corrected chi connectivity index (χ2v) is 4.50. The summed E-state index contributed by atoms with van der Waals surface area (Å²) >= 11 is 0. The highest BCUT2D eigenvalue weighted by Gasteiger charge is 2.04. The van der Waals surface area contributed by atoms with Crippen LogP contribution in [0, 0.1) is 0 Å². The summed E-state index contributed by atoms with van der Waals surface area (Å²) in [6.07, 6.45) is 2.61. The summed E-state index contributed by atoms with van der Waals surface area (Å²) in [4.78, 5) is 29.8. The van der Waals surface area contributed by atoms with Crippen molar-refractivity contribution >= 4 is 18.3 Å². The number of nitrogens with one attached hydrogen (secondary N) is 2. The van der Waals surface area contributed by atoms with Crippen molar-refractivity contribution in [3.8, 4) is 0 Å². The van der Waals surface area contributed by atoms with Crippen LogP contribution in [0.3, 0.4) is 0 Å². The zero-order valence-corrected chi connectivity index (χ0v) is 14.6. The molecule has 0 bridgehead atoms. The molecule has 3 N–H and O–H groups in total.